The molecule has 2 N–H and O–H groups in total. The van der Waals surface area contributed by atoms with Crippen molar-refractivity contribution in [2.45, 2.75) is 82.0 Å². The van der Waals surface area contributed by atoms with E-state index in [9.17, 15) is 19.3 Å². The summed E-state index contributed by atoms with van der Waals surface area (Å²) in [6.45, 7) is 9.83. The Bertz CT molecular complexity index is 1640. The minimum absolute atomic E-state index is 0.0271. The van der Waals surface area contributed by atoms with Gasteiger partial charge in [-0.1, -0.05) is 128 Å². The van der Waals surface area contributed by atoms with Gasteiger partial charge in [0.2, 0.25) is 5.91 Å². The molecule has 1 aliphatic rings. The maximum atomic E-state index is 14.2. The van der Waals surface area contributed by atoms with Crippen LogP contribution in [0.1, 0.15) is 87.3 Å². The highest BCUT2D eigenvalue weighted by atomic mass is 31.1. The van der Waals surface area contributed by atoms with E-state index in [1.807, 2.05) is 111 Å². The fraction of sp³-hybridized carbons (Fsp3) is 0.366. The van der Waals surface area contributed by atoms with Crippen molar-refractivity contribution in [3.8, 4) is 0 Å². The minimum atomic E-state index is -2.01. The van der Waals surface area contributed by atoms with Crippen LogP contribution >= 0.6 is 8.46 Å². The molecule has 1 amide bonds. The molecule has 0 saturated carbocycles. The van der Waals surface area contributed by atoms with Crippen LogP contribution in [0.5, 0.6) is 0 Å². The summed E-state index contributed by atoms with van der Waals surface area (Å²) in [4.78, 5) is 27.8. The molecule has 5 rings (SSSR count). The van der Waals surface area contributed by atoms with Gasteiger partial charge in [0, 0.05) is 6.42 Å². The van der Waals surface area contributed by atoms with Gasteiger partial charge in [0.15, 0.2) is 0 Å². The predicted molar refractivity (Wildman–Crippen MR) is 191 cm³/mol. The number of fused-ring (bicyclic) bond motifs is 1. The predicted octanol–water partition coefficient (Wildman–Crippen LogP) is 7.97. The normalized spacial score (nSPS) is 16.0. The molecule has 0 radical (unpaired) electrons. The second-order valence-corrected chi connectivity index (χ2v) is 15.0. The summed E-state index contributed by atoms with van der Waals surface area (Å²) in [7, 11) is -1.25. The van der Waals surface area contributed by atoms with Crippen LogP contribution in [-0.2, 0) is 41.7 Å². The lowest BCUT2D eigenvalue weighted by Crippen LogP contribution is -2.53. The number of aryl methyl sites for hydroxylation is 1. The maximum Gasteiger partial charge on any atom is 0.361 e. The first-order valence-electron chi connectivity index (χ1n) is 16.8. The summed E-state index contributed by atoms with van der Waals surface area (Å²) in [6, 6.07) is 35.5. The zero-order valence-corrected chi connectivity index (χ0v) is 29.6. The van der Waals surface area contributed by atoms with Crippen LogP contribution in [0.4, 0.5) is 0 Å². The largest absolute Gasteiger partial charge is 0.466 e. The Labute approximate surface area is 286 Å². The molecule has 3 unspecified atom stereocenters. The molecular weight excluding hydrogens is 617 g/mol. The monoisotopic (exact) mass is 664 g/mol. The second-order valence-electron chi connectivity index (χ2n) is 14.0. The van der Waals surface area contributed by atoms with E-state index in [1.54, 1.807) is 6.92 Å². The Hall–Kier alpha value is -4.12. The first-order valence-corrected chi connectivity index (χ1v) is 17.7. The standard InChI is InChI=1S/C41H46NO5P/c1-6-47-37(44)34(41(45,48-46)39(4,5)33-23-22-29-26-27-38(2,3)35(29)28-33)24-25-36(43)42-40(30-16-10-7-11-17-30,31-18-12-8-13-19-31)32-20-14-9-15-21-32/h7-23,28,34,45H,6,24-27H2,1-5H3,(H,42,43)/p+1. The van der Waals surface area contributed by atoms with E-state index in [-0.39, 0.29) is 30.8 Å². The van der Waals surface area contributed by atoms with E-state index in [2.05, 4.69) is 31.3 Å². The highest BCUT2D eigenvalue weighted by molar-refractivity contribution is 7.26. The lowest BCUT2D eigenvalue weighted by molar-refractivity contribution is -0.157. The summed E-state index contributed by atoms with van der Waals surface area (Å²) < 4.78 is 18.6. The molecule has 250 valence electrons. The molecule has 7 heteroatoms. The third-order valence-corrected chi connectivity index (χ3v) is 11.7. The molecule has 1 aliphatic carbocycles. The number of benzene rings is 4. The molecule has 48 heavy (non-hydrogen) atoms. The molecule has 0 bridgehead atoms. The summed E-state index contributed by atoms with van der Waals surface area (Å²) in [6.07, 6.45) is 1.83. The van der Waals surface area contributed by atoms with E-state index in [0.29, 0.717) is 0 Å². The number of ether oxygens (including phenoxy) is 1. The van der Waals surface area contributed by atoms with E-state index < -0.39 is 36.6 Å². The number of hydrogen-bond donors (Lipinski definition) is 2. The molecule has 0 spiro atoms. The minimum Gasteiger partial charge on any atom is -0.466 e. The number of hydrogen-bond acceptors (Lipinski definition) is 5. The molecule has 6 nitrogen and oxygen atoms in total. The molecule has 4 aromatic rings. The van der Waals surface area contributed by atoms with Gasteiger partial charge < -0.3 is 15.2 Å². The number of nitrogens with one attached hydrogen (secondary N) is 1. The fourth-order valence-corrected chi connectivity index (χ4v) is 8.12. The van der Waals surface area contributed by atoms with E-state index in [4.69, 9.17) is 4.74 Å². The van der Waals surface area contributed by atoms with Crippen molar-refractivity contribution in [1.29, 1.82) is 0 Å². The van der Waals surface area contributed by atoms with Crippen molar-refractivity contribution >= 4 is 20.3 Å². The van der Waals surface area contributed by atoms with Crippen LogP contribution < -0.4 is 5.32 Å². The topological polar surface area (TPSA) is 92.7 Å². The smallest absolute Gasteiger partial charge is 0.361 e. The van der Waals surface area contributed by atoms with Crippen molar-refractivity contribution < 1.29 is 24.0 Å². The Kier molecular flexibility index (Phi) is 10.4. The molecule has 0 aromatic heterocycles. The van der Waals surface area contributed by atoms with Gasteiger partial charge in [0.05, 0.1) is 12.0 Å². The van der Waals surface area contributed by atoms with E-state index >= 15 is 0 Å². The van der Waals surface area contributed by atoms with Crippen LogP contribution in [0, 0.1) is 5.92 Å². The van der Waals surface area contributed by atoms with Gasteiger partial charge in [-0.15, -0.1) is 0 Å². The summed E-state index contributed by atoms with van der Waals surface area (Å²) >= 11 is 0. The van der Waals surface area contributed by atoms with Crippen molar-refractivity contribution in [3.63, 3.8) is 0 Å². The van der Waals surface area contributed by atoms with Crippen molar-refractivity contribution in [3.05, 3.63) is 143 Å². The number of aliphatic hydroxyl groups is 1. The van der Waals surface area contributed by atoms with Crippen molar-refractivity contribution in [1.82, 2.24) is 5.32 Å². The summed E-state index contributed by atoms with van der Waals surface area (Å²) in [5.74, 6) is -2.23. The van der Waals surface area contributed by atoms with Crippen LogP contribution in [-0.4, -0.2) is 28.9 Å². The lowest BCUT2D eigenvalue weighted by atomic mass is 9.71. The molecule has 0 fully saturated rings. The SMILES string of the molecule is CCOC(=O)C(CCC(=O)NC(c1ccccc1)(c1ccccc1)c1ccccc1)C(O)([PH+]=O)C(C)(C)c1ccc2c(c1)C(C)(C)CC2. The van der Waals surface area contributed by atoms with Gasteiger partial charge in [-0.3, -0.25) is 9.59 Å². The third kappa shape index (κ3) is 6.49. The molecule has 0 aliphatic heterocycles. The number of rotatable bonds is 13. The summed E-state index contributed by atoms with van der Waals surface area (Å²) in [5, 5.41) is 13.7. The molecule has 0 heterocycles. The Morgan fingerprint density at radius 3 is 1.85 bits per heavy atom. The van der Waals surface area contributed by atoms with Gasteiger partial charge in [-0.25, -0.2) is 0 Å². The average molecular weight is 665 g/mol. The quantitative estimate of drug-likeness (QED) is 0.0860. The van der Waals surface area contributed by atoms with E-state index in [0.717, 1.165) is 35.1 Å². The second kappa shape index (κ2) is 14.2. The van der Waals surface area contributed by atoms with Gasteiger partial charge in [-0.05, 0) is 78.8 Å². The van der Waals surface area contributed by atoms with Crippen LogP contribution in [0.25, 0.3) is 0 Å². The Balaban J connectivity index is 1.51. The fourth-order valence-electron chi connectivity index (χ4n) is 7.32. The van der Waals surface area contributed by atoms with Gasteiger partial charge in [0.1, 0.15) is 11.5 Å². The molecular formula is C41H47NO5P+. The maximum absolute atomic E-state index is 14.2. The Morgan fingerprint density at radius 2 is 1.38 bits per heavy atom. The molecule has 4 aromatic carbocycles. The van der Waals surface area contributed by atoms with Crippen LogP contribution in [0.15, 0.2) is 109 Å². The third-order valence-electron chi connectivity index (χ3n) is 10.4. The van der Waals surface area contributed by atoms with Gasteiger partial charge >= 0.3 is 14.4 Å². The highest BCUT2D eigenvalue weighted by Crippen LogP contribution is 2.50. The highest BCUT2D eigenvalue weighted by Gasteiger charge is 2.61. The number of amides is 1. The number of carbonyl (C=O) groups excluding carboxylic acids is 2. The zero-order chi connectivity index (χ0) is 34.6. The first kappa shape index (κ1) is 35.2. The first-order chi connectivity index (χ1) is 22.9. The molecule has 3 atom stereocenters. The lowest BCUT2D eigenvalue weighted by Gasteiger charge is -2.39. The number of esters is 1. The van der Waals surface area contributed by atoms with Crippen LogP contribution in [0.3, 0.4) is 0 Å². The van der Waals surface area contributed by atoms with Crippen molar-refractivity contribution in [2.24, 2.45) is 5.92 Å². The summed E-state index contributed by atoms with van der Waals surface area (Å²) in [5.41, 5.74) is 3.70. The van der Waals surface area contributed by atoms with Gasteiger partial charge in [0.25, 0.3) is 5.34 Å². The zero-order valence-electron chi connectivity index (χ0n) is 28.6. The van der Waals surface area contributed by atoms with Crippen molar-refractivity contribution in [2.75, 3.05) is 6.61 Å². The molecule has 0 saturated heterocycles. The van der Waals surface area contributed by atoms with E-state index in [1.165, 1.54) is 11.1 Å². The average Bonchev–Trinajstić information content (AvgIpc) is 3.41. The Morgan fingerprint density at radius 1 is 0.854 bits per heavy atom. The van der Waals surface area contributed by atoms with Crippen LogP contribution in [0.2, 0.25) is 0 Å². The van der Waals surface area contributed by atoms with Gasteiger partial charge in [-0.2, -0.15) is 0 Å². The number of carbonyl (C=O) groups is 2.